The van der Waals surface area contributed by atoms with Gasteiger partial charge in [0.2, 0.25) is 5.91 Å². The number of nitrogens with zero attached hydrogens (tertiary/aromatic N) is 2. The van der Waals surface area contributed by atoms with Crippen LogP contribution in [0, 0.1) is 11.7 Å². The summed E-state index contributed by atoms with van der Waals surface area (Å²) in [6.07, 6.45) is 6.41. The zero-order valence-electron chi connectivity index (χ0n) is 16.6. The van der Waals surface area contributed by atoms with Crippen molar-refractivity contribution in [3.05, 3.63) is 59.7 Å². The van der Waals surface area contributed by atoms with Crippen LogP contribution in [-0.2, 0) is 11.3 Å². The maximum atomic E-state index is 13.9. The molecular weight excluding hydrogens is 373 g/mol. The van der Waals surface area contributed by atoms with Crippen LogP contribution < -0.4 is 10.1 Å². The number of ether oxygens (including phenoxy) is 1. The first-order valence-electron chi connectivity index (χ1n) is 9.85. The number of likely N-dealkylation sites (tertiary alicyclic amines) is 1. The molecule has 1 aliphatic rings. The van der Waals surface area contributed by atoms with E-state index >= 15 is 0 Å². The van der Waals surface area contributed by atoms with Gasteiger partial charge in [0, 0.05) is 44.0 Å². The van der Waals surface area contributed by atoms with Gasteiger partial charge in [0.25, 0.3) is 5.91 Å². The Labute approximate surface area is 170 Å². The molecule has 2 heterocycles. The van der Waals surface area contributed by atoms with Gasteiger partial charge in [0.15, 0.2) is 11.6 Å². The lowest BCUT2D eigenvalue weighted by Gasteiger charge is -2.32. The van der Waals surface area contributed by atoms with E-state index in [0.29, 0.717) is 37.5 Å². The number of methoxy groups -OCH3 is 1. The van der Waals surface area contributed by atoms with Gasteiger partial charge in [-0.05, 0) is 55.0 Å². The van der Waals surface area contributed by atoms with E-state index in [1.807, 2.05) is 12.1 Å². The van der Waals surface area contributed by atoms with Crippen LogP contribution in [0.15, 0.2) is 42.7 Å². The first kappa shape index (κ1) is 20.8. The minimum atomic E-state index is -0.537. The van der Waals surface area contributed by atoms with Crippen molar-refractivity contribution in [2.24, 2.45) is 5.92 Å². The lowest BCUT2D eigenvalue weighted by atomic mass is 9.91. The quantitative estimate of drug-likeness (QED) is 0.776. The van der Waals surface area contributed by atoms with Crippen LogP contribution >= 0.6 is 0 Å². The van der Waals surface area contributed by atoms with Crippen molar-refractivity contribution in [2.45, 2.75) is 32.2 Å². The molecule has 0 radical (unpaired) electrons. The Balaban J connectivity index is 1.40. The van der Waals surface area contributed by atoms with Crippen molar-refractivity contribution in [3.63, 3.8) is 0 Å². The third-order valence-electron chi connectivity index (χ3n) is 5.29. The fourth-order valence-electron chi connectivity index (χ4n) is 3.53. The highest BCUT2D eigenvalue weighted by molar-refractivity contribution is 5.94. The van der Waals surface area contributed by atoms with Gasteiger partial charge in [-0.2, -0.15) is 0 Å². The summed E-state index contributed by atoms with van der Waals surface area (Å²) in [5, 5.41) is 2.91. The van der Waals surface area contributed by atoms with Gasteiger partial charge in [-0.1, -0.05) is 6.07 Å². The van der Waals surface area contributed by atoms with E-state index < -0.39 is 5.82 Å². The first-order chi connectivity index (χ1) is 14.1. The summed E-state index contributed by atoms with van der Waals surface area (Å²) in [5.74, 6) is -0.135. The number of aromatic nitrogens is 1. The van der Waals surface area contributed by atoms with Crippen LogP contribution in [0.25, 0.3) is 0 Å². The summed E-state index contributed by atoms with van der Waals surface area (Å²) in [6.45, 7) is 1.72. The molecule has 3 rings (SSSR count). The summed E-state index contributed by atoms with van der Waals surface area (Å²) >= 11 is 0. The largest absolute Gasteiger partial charge is 0.494 e. The molecule has 1 aliphatic heterocycles. The number of rotatable bonds is 7. The van der Waals surface area contributed by atoms with E-state index in [1.54, 1.807) is 23.4 Å². The molecule has 1 saturated heterocycles. The monoisotopic (exact) mass is 399 g/mol. The van der Waals surface area contributed by atoms with Crippen LogP contribution in [0.3, 0.4) is 0 Å². The maximum absolute atomic E-state index is 13.9. The summed E-state index contributed by atoms with van der Waals surface area (Å²) in [6, 6.07) is 8.05. The van der Waals surface area contributed by atoms with Crippen LogP contribution in [0.2, 0.25) is 0 Å². The highest BCUT2D eigenvalue weighted by Gasteiger charge is 2.24. The van der Waals surface area contributed by atoms with E-state index in [1.165, 1.54) is 19.2 Å². The summed E-state index contributed by atoms with van der Waals surface area (Å²) in [4.78, 5) is 30.4. The molecule has 7 heteroatoms. The van der Waals surface area contributed by atoms with E-state index in [4.69, 9.17) is 4.74 Å². The zero-order chi connectivity index (χ0) is 20.6. The van der Waals surface area contributed by atoms with E-state index in [2.05, 4.69) is 10.3 Å². The van der Waals surface area contributed by atoms with Gasteiger partial charge in [0.05, 0.1) is 7.11 Å². The Morgan fingerprint density at radius 3 is 2.72 bits per heavy atom. The molecule has 1 fully saturated rings. The Kier molecular flexibility index (Phi) is 7.16. The minimum absolute atomic E-state index is 0.0288. The summed E-state index contributed by atoms with van der Waals surface area (Å²) < 4.78 is 18.7. The standard InChI is InChI=1S/C22H26FN3O3/c1-29-20-6-5-18(13-19(20)23)22(28)26-11-8-16(9-12-26)4-7-21(27)25-15-17-3-2-10-24-14-17/h2-3,5-6,10,13-14,16H,4,7-9,11-12,15H2,1H3,(H,25,27). The maximum Gasteiger partial charge on any atom is 0.253 e. The van der Waals surface area contributed by atoms with Crippen LogP contribution in [-0.4, -0.2) is 41.9 Å². The number of nitrogens with one attached hydrogen (secondary N) is 1. The second kappa shape index (κ2) is 10.0. The molecule has 0 saturated carbocycles. The summed E-state index contributed by atoms with van der Waals surface area (Å²) in [7, 11) is 1.39. The fourth-order valence-corrected chi connectivity index (χ4v) is 3.53. The Hall–Kier alpha value is -2.96. The van der Waals surface area contributed by atoms with Gasteiger partial charge in [-0.3, -0.25) is 14.6 Å². The number of carbonyl (C=O) groups is 2. The second-order valence-electron chi connectivity index (χ2n) is 7.26. The van der Waals surface area contributed by atoms with Crippen molar-refractivity contribution in [2.75, 3.05) is 20.2 Å². The number of carbonyl (C=O) groups excluding carboxylic acids is 2. The van der Waals surface area contributed by atoms with Gasteiger partial charge >= 0.3 is 0 Å². The smallest absolute Gasteiger partial charge is 0.253 e. The molecule has 2 amide bonds. The van der Waals surface area contributed by atoms with Crippen LogP contribution in [0.1, 0.15) is 41.6 Å². The topological polar surface area (TPSA) is 71.5 Å². The third-order valence-corrected chi connectivity index (χ3v) is 5.29. The normalized spacial score (nSPS) is 14.5. The van der Waals surface area contributed by atoms with Gasteiger partial charge < -0.3 is 15.0 Å². The number of hydrogen-bond donors (Lipinski definition) is 1. The van der Waals surface area contributed by atoms with E-state index in [-0.39, 0.29) is 17.6 Å². The molecule has 0 aliphatic carbocycles. The predicted molar refractivity (Wildman–Crippen MR) is 107 cm³/mol. The number of amides is 2. The molecule has 29 heavy (non-hydrogen) atoms. The molecule has 1 aromatic heterocycles. The number of pyridine rings is 1. The zero-order valence-corrected chi connectivity index (χ0v) is 16.6. The highest BCUT2D eigenvalue weighted by Crippen LogP contribution is 2.24. The van der Waals surface area contributed by atoms with E-state index in [9.17, 15) is 14.0 Å². The molecule has 0 bridgehead atoms. The SMILES string of the molecule is COc1ccc(C(=O)N2CCC(CCC(=O)NCc3cccnc3)CC2)cc1F. The molecule has 1 N–H and O–H groups in total. The van der Waals surface area contributed by atoms with Crippen molar-refractivity contribution in [1.82, 2.24) is 15.2 Å². The van der Waals surface area contributed by atoms with Gasteiger partial charge in [-0.15, -0.1) is 0 Å². The Morgan fingerprint density at radius 1 is 1.28 bits per heavy atom. The average Bonchev–Trinajstić information content (AvgIpc) is 2.76. The third kappa shape index (κ3) is 5.76. The molecule has 2 aromatic rings. The number of benzene rings is 1. The first-order valence-corrected chi connectivity index (χ1v) is 9.85. The van der Waals surface area contributed by atoms with Gasteiger partial charge in [-0.25, -0.2) is 4.39 Å². The Bertz CT molecular complexity index is 836. The number of piperidine rings is 1. The average molecular weight is 399 g/mol. The van der Waals surface area contributed by atoms with Crippen molar-refractivity contribution in [3.8, 4) is 5.75 Å². The minimum Gasteiger partial charge on any atom is -0.494 e. The van der Waals surface area contributed by atoms with Crippen molar-refractivity contribution < 1.29 is 18.7 Å². The molecule has 1 aromatic carbocycles. The highest BCUT2D eigenvalue weighted by atomic mass is 19.1. The van der Waals surface area contributed by atoms with E-state index in [0.717, 1.165) is 24.8 Å². The molecule has 0 atom stereocenters. The molecule has 0 unspecified atom stereocenters. The number of halogens is 1. The second-order valence-corrected chi connectivity index (χ2v) is 7.26. The molecular formula is C22H26FN3O3. The van der Waals surface area contributed by atoms with Crippen LogP contribution in [0.4, 0.5) is 4.39 Å². The fraction of sp³-hybridized carbons (Fsp3) is 0.409. The predicted octanol–water partition coefficient (Wildman–Crippen LogP) is 3.18. The van der Waals surface area contributed by atoms with Gasteiger partial charge in [0.1, 0.15) is 0 Å². The number of hydrogen-bond acceptors (Lipinski definition) is 4. The van der Waals surface area contributed by atoms with Crippen molar-refractivity contribution in [1.29, 1.82) is 0 Å². The summed E-state index contributed by atoms with van der Waals surface area (Å²) in [5.41, 5.74) is 1.30. The molecule has 0 spiro atoms. The Morgan fingerprint density at radius 2 is 2.07 bits per heavy atom. The molecule has 6 nitrogen and oxygen atoms in total. The van der Waals surface area contributed by atoms with Crippen molar-refractivity contribution >= 4 is 11.8 Å². The lowest BCUT2D eigenvalue weighted by molar-refractivity contribution is -0.121. The molecule has 154 valence electrons. The lowest BCUT2D eigenvalue weighted by Crippen LogP contribution is -2.38. The van der Waals surface area contributed by atoms with Crippen LogP contribution in [0.5, 0.6) is 5.75 Å².